The molecule has 0 saturated heterocycles. The van der Waals surface area contributed by atoms with Gasteiger partial charge in [0.25, 0.3) is 5.69 Å². The zero-order chi connectivity index (χ0) is 28.9. The number of hydrogen-bond acceptors (Lipinski definition) is 8. The summed E-state index contributed by atoms with van der Waals surface area (Å²) in [4.78, 5) is 44.0. The Kier molecular flexibility index (Phi) is 9.40. The van der Waals surface area contributed by atoms with E-state index in [-0.39, 0.29) is 23.3 Å². The van der Waals surface area contributed by atoms with Crippen LogP contribution in [0.25, 0.3) is 0 Å². The van der Waals surface area contributed by atoms with Gasteiger partial charge in [-0.1, -0.05) is 55.8 Å². The molecule has 2 aromatic rings. The molecule has 0 aromatic heterocycles. The van der Waals surface area contributed by atoms with Gasteiger partial charge in [0.1, 0.15) is 5.92 Å². The SMILES string of the molecule is COC(=O)C1C(C)=NC(C)=C(C(=O)OCC(C)(C)CN(C)Cc2ccc(C)cc2)C1c1cccc([N+](=O)[O-])c1. The molecule has 39 heavy (non-hydrogen) atoms. The summed E-state index contributed by atoms with van der Waals surface area (Å²) in [6.07, 6.45) is 0. The molecule has 1 aliphatic rings. The number of carbonyl (C=O) groups is 2. The first-order valence-electron chi connectivity index (χ1n) is 12.8. The first-order valence-corrected chi connectivity index (χ1v) is 12.8. The summed E-state index contributed by atoms with van der Waals surface area (Å²) in [6.45, 7) is 11.0. The Morgan fingerprint density at radius 2 is 1.77 bits per heavy atom. The Morgan fingerprint density at radius 3 is 2.38 bits per heavy atom. The Balaban J connectivity index is 1.83. The number of hydrogen-bond donors (Lipinski definition) is 0. The van der Waals surface area contributed by atoms with Crippen molar-refractivity contribution in [1.82, 2.24) is 4.90 Å². The van der Waals surface area contributed by atoms with E-state index in [1.54, 1.807) is 19.9 Å². The van der Waals surface area contributed by atoms with Gasteiger partial charge in [-0.3, -0.25) is 19.9 Å². The number of non-ortho nitro benzene ring substituents is 1. The molecule has 2 atom stereocenters. The van der Waals surface area contributed by atoms with E-state index >= 15 is 0 Å². The maximum atomic E-state index is 13.6. The van der Waals surface area contributed by atoms with Crippen LogP contribution in [0.1, 0.15) is 50.3 Å². The first kappa shape index (κ1) is 29.7. The van der Waals surface area contributed by atoms with E-state index in [1.807, 2.05) is 20.9 Å². The fraction of sp³-hybridized carbons (Fsp3) is 0.433. The number of esters is 2. The lowest BCUT2D eigenvalue weighted by molar-refractivity contribution is -0.384. The molecule has 208 valence electrons. The number of nitro benzene ring substituents is 1. The molecule has 0 saturated carbocycles. The molecule has 0 N–H and O–H groups in total. The van der Waals surface area contributed by atoms with Gasteiger partial charge in [0.2, 0.25) is 0 Å². The summed E-state index contributed by atoms with van der Waals surface area (Å²) in [5.74, 6) is -2.95. The molecule has 1 heterocycles. The Hall–Kier alpha value is -3.85. The van der Waals surface area contributed by atoms with Crippen molar-refractivity contribution in [3.63, 3.8) is 0 Å². The van der Waals surface area contributed by atoms with Crippen molar-refractivity contribution in [3.8, 4) is 0 Å². The number of ether oxygens (including phenoxy) is 2. The Bertz CT molecular complexity index is 1300. The van der Waals surface area contributed by atoms with Gasteiger partial charge in [0, 0.05) is 48.0 Å². The van der Waals surface area contributed by atoms with Gasteiger partial charge in [-0.05, 0) is 38.9 Å². The van der Waals surface area contributed by atoms with Crippen LogP contribution in [0.15, 0.2) is 64.8 Å². The number of methoxy groups -OCH3 is 1. The monoisotopic (exact) mass is 535 g/mol. The normalized spacial score (nSPS) is 17.6. The van der Waals surface area contributed by atoms with Gasteiger partial charge in [-0.2, -0.15) is 0 Å². The van der Waals surface area contributed by atoms with Crippen molar-refractivity contribution in [2.24, 2.45) is 16.3 Å². The minimum absolute atomic E-state index is 0.133. The summed E-state index contributed by atoms with van der Waals surface area (Å²) in [5, 5.41) is 11.5. The van der Waals surface area contributed by atoms with Crippen LogP contribution in [0, 0.1) is 28.4 Å². The van der Waals surface area contributed by atoms with Crippen LogP contribution >= 0.6 is 0 Å². The zero-order valence-electron chi connectivity index (χ0n) is 23.7. The summed E-state index contributed by atoms with van der Waals surface area (Å²) >= 11 is 0. The van der Waals surface area contributed by atoms with Gasteiger partial charge in [0.15, 0.2) is 0 Å². The quantitative estimate of drug-likeness (QED) is 0.233. The van der Waals surface area contributed by atoms with Gasteiger partial charge in [0.05, 0.1) is 24.2 Å². The number of aliphatic imine (C=N–C) groups is 1. The molecule has 0 radical (unpaired) electrons. The lowest BCUT2D eigenvalue weighted by Crippen LogP contribution is -2.38. The van der Waals surface area contributed by atoms with E-state index in [9.17, 15) is 19.7 Å². The number of carbonyl (C=O) groups excluding carboxylic acids is 2. The number of rotatable bonds is 10. The lowest BCUT2D eigenvalue weighted by Gasteiger charge is -2.33. The van der Waals surface area contributed by atoms with Gasteiger partial charge in [-0.15, -0.1) is 0 Å². The van der Waals surface area contributed by atoms with Crippen molar-refractivity contribution in [3.05, 3.63) is 86.6 Å². The highest BCUT2D eigenvalue weighted by Crippen LogP contribution is 2.41. The average molecular weight is 536 g/mol. The maximum absolute atomic E-state index is 13.6. The molecule has 9 heteroatoms. The standard InChI is InChI=1S/C30H37N3O6/c1-19-11-13-22(14-12-19)16-32(6)17-30(4,5)18-39-29(35)26-21(3)31-20(2)25(28(34)38-7)27(26)23-9-8-10-24(15-23)33(36)37/h8-15,25,27H,16-18H2,1-7H3. The molecule has 9 nitrogen and oxygen atoms in total. The molecular weight excluding hydrogens is 498 g/mol. The van der Waals surface area contributed by atoms with Crippen LogP contribution in [0.4, 0.5) is 5.69 Å². The van der Waals surface area contributed by atoms with E-state index in [0.29, 0.717) is 23.5 Å². The third-order valence-electron chi connectivity index (χ3n) is 6.81. The fourth-order valence-electron chi connectivity index (χ4n) is 5.10. The summed E-state index contributed by atoms with van der Waals surface area (Å²) in [5.41, 5.74) is 3.39. The third-order valence-corrected chi connectivity index (χ3v) is 6.81. The molecule has 0 fully saturated rings. The molecule has 2 unspecified atom stereocenters. The highest BCUT2D eigenvalue weighted by molar-refractivity contribution is 6.07. The van der Waals surface area contributed by atoms with E-state index in [2.05, 4.69) is 41.1 Å². The maximum Gasteiger partial charge on any atom is 0.336 e. The minimum atomic E-state index is -0.920. The van der Waals surface area contributed by atoms with E-state index in [0.717, 1.165) is 6.54 Å². The highest BCUT2D eigenvalue weighted by Gasteiger charge is 2.43. The van der Waals surface area contributed by atoms with Crippen molar-refractivity contribution in [2.75, 3.05) is 27.3 Å². The second kappa shape index (κ2) is 12.3. The topological polar surface area (TPSA) is 111 Å². The molecule has 0 aliphatic carbocycles. The molecule has 1 aliphatic heterocycles. The van der Waals surface area contributed by atoms with Gasteiger partial charge < -0.3 is 14.4 Å². The third kappa shape index (κ3) is 7.38. The van der Waals surface area contributed by atoms with Crippen LogP contribution in [-0.4, -0.2) is 54.8 Å². The first-order chi connectivity index (χ1) is 18.3. The smallest absolute Gasteiger partial charge is 0.336 e. The largest absolute Gasteiger partial charge is 0.468 e. The summed E-state index contributed by atoms with van der Waals surface area (Å²) < 4.78 is 10.9. The molecule has 0 spiro atoms. The van der Waals surface area contributed by atoms with Crippen molar-refractivity contribution in [2.45, 2.75) is 47.1 Å². The van der Waals surface area contributed by atoms with E-state index < -0.39 is 28.7 Å². The van der Waals surface area contributed by atoms with Crippen LogP contribution < -0.4 is 0 Å². The summed E-state index contributed by atoms with van der Waals surface area (Å²) in [6, 6.07) is 14.3. The fourth-order valence-corrected chi connectivity index (χ4v) is 5.10. The highest BCUT2D eigenvalue weighted by atomic mass is 16.6. The van der Waals surface area contributed by atoms with Crippen LogP contribution in [-0.2, 0) is 25.6 Å². The van der Waals surface area contributed by atoms with Crippen LogP contribution in [0.2, 0.25) is 0 Å². The molecule has 3 rings (SSSR count). The van der Waals surface area contributed by atoms with Crippen LogP contribution in [0.3, 0.4) is 0 Å². The average Bonchev–Trinajstić information content (AvgIpc) is 2.87. The second-order valence-electron chi connectivity index (χ2n) is 11.0. The molecule has 0 amide bonds. The van der Waals surface area contributed by atoms with Crippen molar-refractivity contribution >= 4 is 23.3 Å². The predicted octanol–water partition coefficient (Wildman–Crippen LogP) is 5.23. The van der Waals surface area contributed by atoms with E-state index in [1.165, 1.54) is 36.4 Å². The lowest BCUT2D eigenvalue weighted by atomic mass is 9.75. The Labute approximate surface area is 229 Å². The van der Waals surface area contributed by atoms with Crippen molar-refractivity contribution < 1.29 is 24.0 Å². The predicted molar refractivity (Wildman–Crippen MR) is 149 cm³/mol. The van der Waals surface area contributed by atoms with Crippen LogP contribution in [0.5, 0.6) is 0 Å². The zero-order valence-corrected chi connectivity index (χ0v) is 23.7. The number of aryl methyl sites for hydroxylation is 1. The van der Waals surface area contributed by atoms with Crippen molar-refractivity contribution in [1.29, 1.82) is 0 Å². The van der Waals surface area contributed by atoms with Gasteiger partial charge in [-0.25, -0.2) is 4.79 Å². The number of nitro groups is 1. The number of allylic oxidation sites excluding steroid dienone is 1. The number of nitrogens with zero attached hydrogens (tertiary/aromatic N) is 3. The second-order valence-corrected chi connectivity index (χ2v) is 11.0. The molecular formula is C30H37N3O6. The Morgan fingerprint density at radius 1 is 1.10 bits per heavy atom. The molecule has 2 aromatic carbocycles. The van der Waals surface area contributed by atoms with E-state index in [4.69, 9.17) is 9.47 Å². The summed E-state index contributed by atoms with van der Waals surface area (Å²) in [7, 11) is 3.28. The minimum Gasteiger partial charge on any atom is -0.468 e. The van der Waals surface area contributed by atoms with Gasteiger partial charge >= 0.3 is 11.9 Å². The molecule has 0 bridgehead atoms. The number of benzene rings is 2.